The van der Waals surface area contributed by atoms with E-state index in [4.69, 9.17) is 10.2 Å². The first-order valence-corrected chi connectivity index (χ1v) is 8.81. The van der Waals surface area contributed by atoms with E-state index in [9.17, 15) is 4.79 Å². The van der Waals surface area contributed by atoms with E-state index in [1.165, 1.54) is 0 Å². The molecule has 1 aromatic carbocycles. The second-order valence-electron chi connectivity index (χ2n) is 6.74. The summed E-state index contributed by atoms with van der Waals surface area (Å²) in [5.41, 5.74) is 6.91. The van der Waals surface area contributed by atoms with Crippen LogP contribution in [0.3, 0.4) is 0 Å². The second kappa shape index (κ2) is 7.67. The molecule has 1 aliphatic rings. The Morgan fingerprint density at radius 2 is 2.04 bits per heavy atom. The van der Waals surface area contributed by atoms with Crippen LogP contribution in [0.25, 0.3) is 11.3 Å². The van der Waals surface area contributed by atoms with E-state index >= 15 is 0 Å². The SMILES string of the molecule is CC1CCN(C(=O)CCc2ccc(-c3ccccc3)o2)C(CN)C1. The maximum Gasteiger partial charge on any atom is 0.223 e. The number of nitrogens with two attached hydrogens (primary N) is 1. The normalized spacial score (nSPS) is 21.0. The first-order chi connectivity index (χ1) is 11.7. The first-order valence-electron chi connectivity index (χ1n) is 8.81. The van der Waals surface area contributed by atoms with Gasteiger partial charge < -0.3 is 15.1 Å². The molecule has 0 saturated carbocycles. The highest BCUT2D eigenvalue weighted by Crippen LogP contribution is 2.25. The van der Waals surface area contributed by atoms with Crippen LogP contribution in [-0.2, 0) is 11.2 Å². The van der Waals surface area contributed by atoms with Gasteiger partial charge in [0.15, 0.2) is 0 Å². The molecule has 1 aliphatic heterocycles. The molecule has 128 valence electrons. The predicted molar refractivity (Wildman–Crippen MR) is 95.4 cm³/mol. The molecule has 2 atom stereocenters. The minimum absolute atomic E-state index is 0.190. The van der Waals surface area contributed by atoms with E-state index in [-0.39, 0.29) is 11.9 Å². The monoisotopic (exact) mass is 326 g/mol. The number of furan rings is 1. The summed E-state index contributed by atoms with van der Waals surface area (Å²) in [6.45, 7) is 3.61. The number of nitrogens with zero attached hydrogens (tertiary/aromatic N) is 1. The van der Waals surface area contributed by atoms with Crippen LogP contribution in [-0.4, -0.2) is 29.9 Å². The zero-order valence-corrected chi connectivity index (χ0v) is 14.3. The number of piperidine rings is 1. The van der Waals surface area contributed by atoms with Crippen LogP contribution in [0.4, 0.5) is 0 Å². The van der Waals surface area contributed by atoms with Crippen LogP contribution in [0.5, 0.6) is 0 Å². The Morgan fingerprint density at radius 3 is 2.79 bits per heavy atom. The number of hydrogen-bond donors (Lipinski definition) is 1. The number of hydrogen-bond acceptors (Lipinski definition) is 3. The Hall–Kier alpha value is -2.07. The van der Waals surface area contributed by atoms with Gasteiger partial charge in [0.05, 0.1) is 0 Å². The number of likely N-dealkylation sites (tertiary alicyclic amines) is 1. The molecule has 2 aromatic rings. The molecular weight excluding hydrogens is 300 g/mol. The number of aryl methyl sites for hydroxylation is 1. The van der Waals surface area contributed by atoms with Crippen LogP contribution in [0.15, 0.2) is 46.9 Å². The zero-order chi connectivity index (χ0) is 16.9. The molecule has 0 bridgehead atoms. The van der Waals surface area contributed by atoms with Crippen molar-refractivity contribution in [2.45, 2.75) is 38.6 Å². The van der Waals surface area contributed by atoms with Gasteiger partial charge in [0.25, 0.3) is 0 Å². The van der Waals surface area contributed by atoms with Gasteiger partial charge in [-0.25, -0.2) is 0 Å². The summed E-state index contributed by atoms with van der Waals surface area (Å²) in [6, 6.07) is 14.1. The summed E-state index contributed by atoms with van der Waals surface area (Å²) in [5.74, 6) is 2.55. The van der Waals surface area contributed by atoms with Crippen LogP contribution in [0.2, 0.25) is 0 Å². The molecule has 1 amide bonds. The van der Waals surface area contributed by atoms with Gasteiger partial charge >= 0.3 is 0 Å². The Morgan fingerprint density at radius 1 is 1.25 bits per heavy atom. The van der Waals surface area contributed by atoms with E-state index in [1.807, 2.05) is 47.4 Å². The highest BCUT2D eigenvalue weighted by atomic mass is 16.3. The summed E-state index contributed by atoms with van der Waals surface area (Å²) < 4.78 is 5.88. The van der Waals surface area contributed by atoms with E-state index < -0.39 is 0 Å². The van der Waals surface area contributed by atoms with Crippen molar-refractivity contribution in [3.05, 3.63) is 48.2 Å². The molecule has 24 heavy (non-hydrogen) atoms. The third-order valence-corrected chi connectivity index (χ3v) is 4.88. The fraction of sp³-hybridized carbons (Fsp3) is 0.450. The van der Waals surface area contributed by atoms with Crippen molar-refractivity contribution in [3.8, 4) is 11.3 Å². The van der Waals surface area contributed by atoms with Gasteiger partial charge in [-0.2, -0.15) is 0 Å². The second-order valence-corrected chi connectivity index (χ2v) is 6.74. The summed E-state index contributed by atoms with van der Waals surface area (Å²) in [5, 5.41) is 0. The summed E-state index contributed by atoms with van der Waals surface area (Å²) in [7, 11) is 0. The van der Waals surface area contributed by atoms with Gasteiger partial charge in [-0.1, -0.05) is 37.3 Å². The fourth-order valence-electron chi connectivity index (χ4n) is 3.45. The highest BCUT2D eigenvalue weighted by molar-refractivity contribution is 5.77. The Bertz CT molecular complexity index is 665. The van der Waals surface area contributed by atoms with Gasteiger partial charge in [-0.3, -0.25) is 4.79 Å². The number of benzene rings is 1. The van der Waals surface area contributed by atoms with Crippen molar-refractivity contribution >= 4 is 5.91 Å². The quantitative estimate of drug-likeness (QED) is 0.915. The minimum atomic E-state index is 0.190. The molecule has 1 fully saturated rings. The minimum Gasteiger partial charge on any atom is -0.461 e. The van der Waals surface area contributed by atoms with Crippen LogP contribution < -0.4 is 5.73 Å². The lowest BCUT2D eigenvalue weighted by molar-refractivity contribution is -0.135. The molecule has 1 aromatic heterocycles. The van der Waals surface area contributed by atoms with E-state index in [0.717, 1.165) is 36.5 Å². The van der Waals surface area contributed by atoms with Gasteiger partial charge in [0.1, 0.15) is 11.5 Å². The summed E-state index contributed by atoms with van der Waals surface area (Å²) >= 11 is 0. The van der Waals surface area contributed by atoms with Crippen LogP contribution in [0.1, 0.15) is 31.9 Å². The topological polar surface area (TPSA) is 59.5 Å². The maximum absolute atomic E-state index is 12.6. The lowest BCUT2D eigenvalue weighted by Crippen LogP contribution is -2.49. The molecule has 1 saturated heterocycles. The smallest absolute Gasteiger partial charge is 0.223 e. The molecule has 2 unspecified atom stereocenters. The van der Waals surface area contributed by atoms with Crippen molar-refractivity contribution in [2.75, 3.05) is 13.1 Å². The number of rotatable bonds is 5. The average molecular weight is 326 g/mol. The number of amides is 1. The standard InChI is InChI=1S/C20H26N2O2/c1-15-11-12-22(17(13-15)14-21)20(23)10-8-18-7-9-19(24-18)16-5-3-2-4-6-16/h2-7,9,15,17H,8,10-14,21H2,1H3. The third kappa shape index (κ3) is 3.88. The average Bonchev–Trinajstić information content (AvgIpc) is 3.09. The zero-order valence-electron chi connectivity index (χ0n) is 14.3. The third-order valence-electron chi connectivity index (χ3n) is 4.88. The highest BCUT2D eigenvalue weighted by Gasteiger charge is 2.28. The van der Waals surface area contributed by atoms with Crippen molar-refractivity contribution < 1.29 is 9.21 Å². The Balaban J connectivity index is 1.58. The predicted octanol–water partition coefficient (Wildman–Crippen LogP) is 3.47. The lowest BCUT2D eigenvalue weighted by Gasteiger charge is -2.38. The molecule has 2 N–H and O–H groups in total. The van der Waals surface area contributed by atoms with E-state index in [1.54, 1.807) is 0 Å². The molecule has 2 heterocycles. The molecule has 4 heteroatoms. The van der Waals surface area contributed by atoms with Crippen molar-refractivity contribution in [1.82, 2.24) is 4.90 Å². The van der Waals surface area contributed by atoms with Crippen LogP contribution >= 0.6 is 0 Å². The lowest BCUT2D eigenvalue weighted by atomic mass is 9.92. The molecular formula is C20H26N2O2. The molecule has 4 nitrogen and oxygen atoms in total. The first kappa shape index (κ1) is 16.8. The molecule has 0 aliphatic carbocycles. The summed E-state index contributed by atoms with van der Waals surface area (Å²) in [6.07, 6.45) is 3.20. The summed E-state index contributed by atoms with van der Waals surface area (Å²) in [4.78, 5) is 14.5. The van der Waals surface area contributed by atoms with Crippen molar-refractivity contribution in [3.63, 3.8) is 0 Å². The number of carbonyl (C=O) groups excluding carboxylic acids is 1. The fourth-order valence-corrected chi connectivity index (χ4v) is 3.45. The largest absolute Gasteiger partial charge is 0.461 e. The van der Waals surface area contributed by atoms with Crippen molar-refractivity contribution in [2.24, 2.45) is 11.7 Å². The Labute approximate surface area is 143 Å². The van der Waals surface area contributed by atoms with Gasteiger partial charge in [0.2, 0.25) is 5.91 Å². The van der Waals surface area contributed by atoms with Gasteiger partial charge in [0, 0.05) is 37.5 Å². The van der Waals surface area contributed by atoms with E-state index in [0.29, 0.717) is 25.3 Å². The van der Waals surface area contributed by atoms with Crippen molar-refractivity contribution in [1.29, 1.82) is 0 Å². The molecule has 0 spiro atoms. The van der Waals surface area contributed by atoms with Gasteiger partial charge in [-0.15, -0.1) is 0 Å². The molecule has 3 rings (SSSR count). The molecule has 0 radical (unpaired) electrons. The Kier molecular flexibility index (Phi) is 5.36. The van der Waals surface area contributed by atoms with Gasteiger partial charge in [-0.05, 0) is 30.9 Å². The van der Waals surface area contributed by atoms with Crippen LogP contribution in [0, 0.1) is 5.92 Å². The van der Waals surface area contributed by atoms with E-state index in [2.05, 4.69) is 6.92 Å². The number of carbonyl (C=O) groups is 1. The maximum atomic E-state index is 12.6.